The van der Waals surface area contributed by atoms with Crippen molar-refractivity contribution in [2.45, 2.75) is 25.5 Å². The molecular weight excluding hydrogens is 402 g/mol. The van der Waals surface area contributed by atoms with Crippen molar-refractivity contribution in [3.8, 4) is 28.3 Å². The van der Waals surface area contributed by atoms with Gasteiger partial charge in [-0.15, -0.1) is 0 Å². The minimum Gasteiger partial charge on any atom is -0.495 e. The monoisotopic (exact) mass is 421 g/mol. The number of methoxy groups -OCH3 is 1. The summed E-state index contributed by atoms with van der Waals surface area (Å²) >= 11 is 6.28. The highest BCUT2D eigenvalue weighted by atomic mass is 35.5. The van der Waals surface area contributed by atoms with Gasteiger partial charge in [0, 0.05) is 30.0 Å². The Morgan fingerprint density at radius 1 is 1.13 bits per heavy atom. The second kappa shape index (κ2) is 8.01. The fourth-order valence-corrected chi connectivity index (χ4v) is 3.90. The summed E-state index contributed by atoms with van der Waals surface area (Å²) in [6.07, 6.45) is 6.66. The van der Waals surface area contributed by atoms with Gasteiger partial charge in [-0.1, -0.05) is 30.3 Å². The van der Waals surface area contributed by atoms with Gasteiger partial charge < -0.3 is 9.47 Å². The lowest BCUT2D eigenvalue weighted by Crippen LogP contribution is -2.18. The molecule has 152 valence electrons. The van der Waals surface area contributed by atoms with E-state index in [9.17, 15) is 0 Å². The van der Waals surface area contributed by atoms with Crippen LogP contribution in [0.1, 0.15) is 25.5 Å². The third-order valence-corrected chi connectivity index (χ3v) is 5.37. The predicted octanol–water partition coefficient (Wildman–Crippen LogP) is 4.92. The first-order chi connectivity index (χ1) is 14.7. The van der Waals surface area contributed by atoms with Crippen LogP contribution in [0.25, 0.3) is 33.5 Å². The van der Waals surface area contributed by atoms with E-state index in [1.807, 2.05) is 41.2 Å². The standard InChI is InChI=1S/C22H20ClN5O2/c1-29-15-11-17-21(24-12-15)20(26-22(23)25-17)16-13-28(18-9-5-6-10-30-18)27-19(16)14-7-3-2-4-8-14/h2-4,7-8,11-13,18H,5-6,9-10H2,1H3. The largest absolute Gasteiger partial charge is 0.495 e. The molecule has 0 amide bonds. The van der Waals surface area contributed by atoms with Gasteiger partial charge in [-0.2, -0.15) is 5.10 Å². The lowest BCUT2D eigenvalue weighted by Gasteiger charge is -2.22. The van der Waals surface area contributed by atoms with E-state index in [0.717, 1.165) is 42.7 Å². The number of hydrogen-bond acceptors (Lipinski definition) is 6. The molecule has 0 radical (unpaired) electrons. The molecule has 0 saturated carbocycles. The normalized spacial score (nSPS) is 16.7. The second-order valence-corrected chi connectivity index (χ2v) is 7.48. The van der Waals surface area contributed by atoms with Crippen LogP contribution in [0.15, 0.2) is 48.8 Å². The minimum atomic E-state index is -0.0911. The van der Waals surface area contributed by atoms with Crippen LogP contribution >= 0.6 is 11.6 Å². The maximum atomic E-state index is 6.28. The van der Waals surface area contributed by atoms with Gasteiger partial charge in [0.05, 0.1) is 18.8 Å². The van der Waals surface area contributed by atoms with Crippen molar-refractivity contribution in [2.24, 2.45) is 0 Å². The Balaban J connectivity index is 1.72. The Morgan fingerprint density at radius 2 is 2.00 bits per heavy atom. The fourth-order valence-electron chi connectivity index (χ4n) is 3.73. The third-order valence-electron chi connectivity index (χ3n) is 5.20. The van der Waals surface area contributed by atoms with Gasteiger partial charge in [-0.05, 0) is 30.9 Å². The number of hydrogen-bond donors (Lipinski definition) is 0. The maximum Gasteiger partial charge on any atom is 0.223 e. The zero-order valence-electron chi connectivity index (χ0n) is 16.5. The smallest absolute Gasteiger partial charge is 0.223 e. The van der Waals surface area contributed by atoms with Gasteiger partial charge in [0.1, 0.15) is 28.9 Å². The van der Waals surface area contributed by atoms with Crippen molar-refractivity contribution in [3.63, 3.8) is 0 Å². The summed E-state index contributed by atoms with van der Waals surface area (Å²) in [5, 5.41) is 5.03. The molecule has 0 spiro atoms. The van der Waals surface area contributed by atoms with E-state index in [0.29, 0.717) is 22.5 Å². The van der Waals surface area contributed by atoms with Crippen LogP contribution in [0.5, 0.6) is 5.75 Å². The summed E-state index contributed by atoms with van der Waals surface area (Å²) in [7, 11) is 1.59. The second-order valence-electron chi connectivity index (χ2n) is 7.14. The summed E-state index contributed by atoms with van der Waals surface area (Å²) in [6, 6.07) is 11.8. The zero-order chi connectivity index (χ0) is 20.5. The van der Waals surface area contributed by atoms with Crippen molar-refractivity contribution in [1.29, 1.82) is 0 Å². The molecule has 1 fully saturated rings. The summed E-state index contributed by atoms with van der Waals surface area (Å²) in [6.45, 7) is 0.740. The highest BCUT2D eigenvalue weighted by molar-refractivity contribution is 6.28. The molecule has 0 aliphatic carbocycles. The van der Waals surface area contributed by atoms with Crippen LogP contribution in [-0.4, -0.2) is 38.4 Å². The quantitative estimate of drug-likeness (QED) is 0.435. The summed E-state index contributed by atoms with van der Waals surface area (Å²) in [5.74, 6) is 0.609. The van der Waals surface area contributed by atoms with E-state index >= 15 is 0 Å². The van der Waals surface area contributed by atoms with Crippen molar-refractivity contribution >= 4 is 22.6 Å². The molecule has 4 heterocycles. The third kappa shape index (κ3) is 3.51. The van der Waals surface area contributed by atoms with E-state index < -0.39 is 0 Å². The molecule has 8 heteroatoms. The van der Waals surface area contributed by atoms with Crippen molar-refractivity contribution in [3.05, 3.63) is 54.1 Å². The Bertz CT molecular complexity index is 1190. The molecule has 7 nitrogen and oxygen atoms in total. The summed E-state index contributed by atoms with van der Waals surface area (Å²) in [5.41, 5.74) is 4.51. The Hall–Kier alpha value is -3.03. The Labute approximate surface area is 178 Å². The van der Waals surface area contributed by atoms with Gasteiger partial charge in [-0.3, -0.25) is 0 Å². The highest BCUT2D eigenvalue weighted by Gasteiger charge is 2.23. The molecule has 30 heavy (non-hydrogen) atoms. The topological polar surface area (TPSA) is 75.0 Å². The lowest BCUT2D eigenvalue weighted by molar-refractivity contribution is -0.0393. The van der Waals surface area contributed by atoms with Gasteiger partial charge in [-0.25, -0.2) is 19.6 Å². The molecule has 0 bridgehead atoms. The van der Waals surface area contributed by atoms with E-state index in [1.165, 1.54) is 0 Å². The number of benzene rings is 1. The molecule has 0 N–H and O–H groups in total. The fraction of sp³-hybridized carbons (Fsp3) is 0.273. The van der Waals surface area contributed by atoms with E-state index in [2.05, 4.69) is 15.0 Å². The van der Waals surface area contributed by atoms with Crippen LogP contribution in [0.4, 0.5) is 0 Å². The molecule has 1 aromatic carbocycles. The molecule has 1 atom stereocenters. The van der Waals surface area contributed by atoms with E-state index in [1.54, 1.807) is 19.4 Å². The zero-order valence-corrected chi connectivity index (χ0v) is 17.2. The Kier molecular flexibility index (Phi) is 5.06. The average molecular weight is 422 g/mol. The van der Waals surface area contributed by atoms with Crippen LogP contribution in [0.2, 0.25) is 5.28 Å². The van der Waals surface area contributed by atoms with Crippen LogP contribution < -0.4 is 4.74 Å². The van der Waals surface area contributed by atoms with Gasteiger partial charge in [0.2, 0.25) is 5.28 Å². The van der Waals surface area contributed by atoms with Gasteiger partial charge in [0.15, 0.2) is 0 Å². The molecule has 1 unspecified atom stereocenters. The molecule has 1 saturated heterocycles. The number of rotatable bonds is 4. The SMILES string of the molecule is COc1cnc2c(-c3cn(C4CCCCO4)nc3-c3ccccc3)nc(Cl)nc2c1. The molecule has 3 aromatic heterocycles. The van der Waals surface area contributed by atoms with Gasteiger partial charge >= 0.3 is 0 Å². The average Bonchev–Trinajstić information content (AvgIpc) is 3.24. The van der Waals surface area contributed by atoms with E-state index in [4.69, 9.17) is 26.2 Å². The van der Waals surface area contributed by atoms with Crippen molar-refractivity contribution in [1.82, 2.24) is 24.7 Å². The number of ether oxygens (including phenoxy) is 2. The first-order valence-corrected chi connectivity index (χ1v) is 10.2. The number of aromatic nitrogens is 5. The minimum absolute atomic E-state index is 0.0911. The number of fused-ring (bicyclic) bond motifs is 1. The van der Waals surface area contributed by atoms with Crippen LogP contribution in [0, 0.1) is 0 Å². The molecule has 1 aliphatic rings. The molecular formula is C22H20ClN5O2. The van der Waals surface area contributed by atoms with Crippen molar-refractivity contribution in [2.75, 3.05) is 13.7 Å². The summed E-state index contributed by atoms with van der Waals surface area (Å²) < 4.78 is 13.1. The van der Waals surface area contributed by atoms with Crippen LogP contribution in [0.3, 0.4) is 0 Å². The maximum absolute atomic E-state index is 6.28. The Morgan fingerprint density at radius 3 is 2.77 bits per heavy atom. The summed E-state index contributed by atoms with van der Waals surface area (Å²) in [4.78, 5) is 13.4. The number of pyridine rings is 1. The molecule has 1 aliphatic heterocycles. The molecule has 4 aromatic rings. The lowest BCUT2D eigenvalue weighted by atomic mass is 10.0. The molecule has 5 rings (SSSR count). The van der Waals surface area contributed by atoms with Crippen LogP contribution in [-0.2, 0) is 4.74 Å². The number of nitrogens with zero attached hydrogens (tertiary/aromatic N) is 5. The first-order valence-electron chi connectivity index (χ1n) is 9.87. The predicted molar refractivity (Wildman–Crippen MR) is 114 cm³/mol. The highest BCUT2D eigenvalue weighted by Crippen LogP contribution is 2.36. The van der Waals surface area contributed by atoms with Crippen molar-refractivity contribution < 1.29 is 9.47 Å². The number of halogens is 1. The van der Waals surface area contributed by atoms with Gasteiger partial charge in [0.25, 0.3) is 0 Å². The van der Waals surface area contributed by atoms with E-state index in [-0.39, 0.29) is 11.5 Å². The first kappa shape index (κ1) is 19.0.